The molecule has 1 aromatic heterocycles. The molecule has 0 bridgehead atoms. The van der Waals surface area contributed by atoms with E-state index in [1.165, 1.54) is 16.8 Å². The highest BCUT2D eigenvalue weighted by molar-refractivity contribution is 5.79. The monoisotopic (exact) mass is 501 g/mol. The molecule has 0 radical (unpaired) electrons. The van der Waals surface area contributed by atoms with Crippen molar-refractivity contribution in [3.8, 4) is 5.75 Å². The van der Waals surface area contributed by atoms with E-state index in [9.17, 15) is 4.79 Å². The second kappa shape index (κ2) is 12.1. The number of nitrogens with zero attached hydrogens (tertiary/aromatic N) is 4. The second-order valence-electron chi connectivity index (χ2n) is 9.47. The van der Waals surface area contributed by atoms with Gasteiger partial charge in [-0.15, -0.1) is 0 Å². The smallest absolute Gasteiger partial charge is 0.236 e. The Labute approximate surface area is 218 Å². The van der Waals surface area contributed by atoms with Crippen LogP contribution in [-0.4, -0.2) is 68.8 Å². The van der Waals surface area contributed by atoms with Gasteiger partial charge >= 0.3 is 0 Å². The van der Waals surface area contributed by atoms with E-state index < -0.39 is 0 Å². The molecule has 37 heavy (non-hydrogen) atoms. The Morgan fingerprint density at radius 1 is 1.00 bits per heavy atom. The van der Waals surface area contributed by atoms with Crippen molar-refractivity contribution in [2.75, 3.05) is 62.8 Å². The number of hydrogen-bond acceptors (Lipinski definition) is 7. The van der Waals surface area contributed by atoms with Gasteiger partial charge in [0.05, 0.1) is 39.1 Å². The van der Waals surface area contributed by atoms with Gasteiger partial charge in [0.2, 0.25) is 5.91 Å². The highest BCUT2D eigenvalue weighted by atomic mass is 16.5. The van der Waals surface area contributed by atoms with E-state index in [2.05, 4.69) is 62.6 Å². The van der Waals surface area contributed by atoms with Crippen molar-refractivity contribution in [3.63, 3.8) is 0 Å². The van der Waals surface area contributed by atoms with Gasteiger partial charge < -0.3 is 29.5 Å². The molecule has 2 aliphatic rings. The summed E-state index contributed by atoms with van der Waals surface area (Å²) in [5, 5.41) is 3.13. The van der Waals surface area contributed by atoms with E-state index in [0.717, 1.165) is 63.1 Å². The van der Waals surface area contributed by atoms with Gasteiger partial charge in [0.1, 0.15) is 5.75 Å². The standard InChI is InChI=1S/C29H35N5O3/c1-36-28-4-2-3-24(17-28)21-34(20-23-5-7-26(8-6-23)32-13-15-37-16-14-32)27-9-10-31-25(18-27)22-33-12-11-30-19-29(33)35/h2-10,17-18,30H,11-16,19-22H2,1H3. The quantitative estimate of drug-likeness (QED) is 0.483. The molecular weight excluding hydrogens is 466 g/mol. The molecule has 3 aromatic rings. The van der Waals surface area contributed by atoms with Crippen LogP contribution >= 0.6 is 0 Å². The van der Waals surface area contributed by atoms with Crippen LogP contribution < -0.4 is 19.9 Å². The number of amides is 1. The maximum Gasteiger partial charge on any atom is 0.236 e. The van der Waals surface area contributed by atoms with Crippen LogP contribution in [0.25, 0.3) is 0 Å². The van der Waals surface area contributed by atoms with Crippen molar-refractivity contribution in [1.82, 2.24) is 15.2 Å². The van der Waals surface area contributed by atoms with Gasteiger partial charge in [-0.3, -0.25) is 9.78 Å². The Morgan fingerprint density at radius 2 is 1.81 bits per heavy atom. The molecule has 2 fully saturated rings. The van der Waals surface area contributed by atoms with E-state index in [-0.39, 0.29) is 5.91 Å². The van der Waals surface area contributed by atoms with E-state index in [4.69, 9.17) is 9.47 Å². The van der Waals surface area contributed by atoms with Gasteiger partial charge in [0, 0.05) is 56.8 Å². The summed E-state index contributed by atoms with van der Waals surface area (Å²) in [4.78, 5) is 23.5. The molecule has 8 nitrogen and oxygen atoms in total. The van der Waals surface area contributed by atoms with Crippen LogP contribution in [0.15, 0.2) is 66.9 Å². The van der Waals surface area contributed by atoms with Crippen molar-refractivity contribution < 1.29 is 14.3 Å². The molecule has 0 spiro atoms. The van der Waals surface area contributed by atoms with Crippen LogP contribution in [-0.2, 0) is 29.2 Å². The van der Waals surface area contributed by atoms with Crippen LogP contribution in [0, 0.1) is 0 Å². The second-order valence-corrected chi connectivity index (χ2v) is 9.47. The number of morpholine rings is 1. The van der Waals surface area contributed by atoms with E-state index in [1.54, 1.807) is 7.11 Å². The maximum atomic E-state index is 12.3. The summed E-state index contributed by atoms with van der Waals surface area (Å²) in [5.74, 6) is 0.965. The summed E-state index contributed by atoms with van der Waals surface area (Å²) in [6.45, 7) is 7.31. The number of benzene rings is 2. The highest BCUT2D eigenvalue weighted by Gasteiger charge is 2.19. The number of methoxy groups -OCH3 is 1. The average Bonchev–Trinajstić information content (AvgIpc) is 2.95. The predicted molar refractivity (Wildman–Crippen MR) is 145 cm³/mol. The average molecular weight is 502 g/mol. The lowest BCUT2D eigenvalue weighted by molar-refractivity contribution is -0.132. The highest BCUT2D eigenvalue weighted by Crippen LogP contribution is 2.24. The third kappa shape index (κ3) is 6.58. The molecule has 0 aliphatic carbocycles. The molecular formula is C29H35N5O3. The lowest BCUT2D eigenvalue weighted by Crippen LogP contribution is -2.47. The summed E-state index contributed by atoms with van der Waals surface area (Å²) in [6.07, 6.45) is 1.84. The first-order valence-corrected chi connectivity index (χ1v) is 12.9. The van der Waals surface area contributed by atoms with Gasteiger partial charge in [0.15, 0.2) is 0 Å². The maximum absolute atomic E-state index is 12.3. The number of piperazine rings is 1. The van der Waals surface area contributed by atoms with Crippen molar-refractivity contribution in [1.29, 1.82) is 0 Å². The van der Waals surface area contributed by atoms with Crippen LogP contribution in [0.3, 0.4) is 0 Å². The Hall–Kier alpha value is -3.62. The predicted octanol–water partition coefficient (Wildman–Crippen LogP) is 3.07. The molecule has 194 valence electrons. The van der Waals surface area contributed by atoms with E-state index in [1.807, 2.05) is 29.3 Å². The zero-order valence-corrected chi connectivity index (χ0v) is 21.4. The molecule has 0 atom stereocenters. The zero-order chi connectivity index (χ0) is 25.5. The molecule has 8 heteroatoms. The summed E-state index contributed by atoms with van der Waals surface area (Å²) in [6, 6.07) is 21.2. The van der Waals surface area contributed by atoms with Crippen LogP contribution in [0.2, 0.25) is 0 Å². The van der Waals surface area contributed by atoms with Crippen LogP contribution in [0.5, 0.6) is 5.75 Å². The van der Waals surface area contributed by atoms with Crippen LogP contribution in [0.1, 0.15) is 16.8 Å². The number of carbonyl (C=O) groups is 1. The number of hydrogen-bond donors (Lipinski definition) is 1. The van der Waals surface area contributed by atoms with Gasteiger partial charge in [-0.1, -0.05) is 24.3 Å². The molecule has 0 unspecified atom stereocenters. The number of rotatable bonds is 9. The van der Waals surface area contributed by atoms with Crippen molar-refractivity contribution in [2.24, 2.45) is 0 Å². The lowest BCUT2D eigenvalue weighted by Gasteiger charge is -2.30. The minimum Gasteiger partial charge on any atom is -0.497 e. The third-order valence-corrected chi connectivity index (χ3v) is 6.90. The first-order chi connectivity index (χ1) is 18.2. The van der Waals surface area contributed by atoms with Crippen LogP contribution in [0.4, 0.5) is 11.4 Å². The van der Waals surface area contributed by atoms with Gasteiger partial charge in [-0.2, -0.15) is 0 Å². The zero-order valence-electron chi connectivity index (χ0n) is 21.4. The SMILES string of the molecule is COc1cccc(CN(Cc2ccc(N3CCOCC3)cc2)c2ccnc(CN3CCNCC3=O)c2)c1. The number of pyridine rings is 1. The van der Waals surface area contributed by atoms with E-state index >= 15 is 0 Å². The molecule has 1 N–H and O–H groups in total. The largest absolute Gasteiger partial charge is 0.497 e. The molecule has 5 rings (SSSR count). The van der Waals surface area contributed by atoms with Gasteiger partial charge in [-0.05, 0) is 47.5 Å². The Bertz CT molecular complexity index is 1180. The van der Waals surface area contributed by atoms with E-state index in [0.29, 0.717) is 19.6 Å². The van der Waals surface area contributed by atoms with Gasteiger partial charge in [-0.25, -0.2) is 0 Å². The summed E-state index contributed by atoms with van der Waals surface area (Å²) >= 11 is 0. The first-order valence-electron chi connectivity index (χ1n) is 12.9. The topological polar surface area (TPSA) is 70.2 Å². The van der Waals surface area contributed by atoms with Crippen molar-refractivity contribution in [2.45, 2.75) is 19.6 Å². The molecule has 1 amide bonds. The van der Waals surface area contributed by atoms with Crippen molar-refractivity contribution >= 4 is 17.3 Å². The molecule has 2 saturated heterocycles. The minimum atomic E-state index is 0.118. The Morgan fingerprint density at radius 3 is 2.59 bits per heavy atom. The minimum absolute atomic E-state index is 0.118. The first kappa shape index (κ1) is 25.0. The van der Waals surface area contributed by atoms with Gasteiger partial charge in [0.25, 0.3) is 0 Å². The number of ether oxygens (including phenoxy) is 2. The fourth-order valence-electron chi connectivity index (χ4n) is 4.84. The molecule has 2 aromatic carbocycles. The summed E-state index contributed by atoms with van der Waals surface area (Å²) in [5.41, 5.74) is 5.60. The molecule has 0 saturated carbocycles. The Balaban J connectivity index is 1.37. The lowest BCUT2D eigenvalue weighted by atomic mass is 10.1. The third-order valence-electron chi connectivity index (χ3n) is 6.90. The summed E-state index contributed by atoms with van der Waals surface area (Å²) in [7, 11) is 1.69. The molecule has 2 aliphatic heterocycles. The number of nitrogens with one attached hydrogen (secondary N) is 1. The summed E-state index contributed by atoms with van der Waals surface area (Å²) < 4.78 is 11.0. The number of aromatic nitrogens is 1. The fraction of sp³-hybridized carbons (Fsp3) is 0.379. The number of anilines is 2. The van der Waals surface area contributed by atoms with Crippen molar-refractivity contribution in [3.05, 3.63) is 83.7 Å². The number of carbonyl (C=O) groups excluding carboxylic acids is 1. The molecule has 3 heterocycles. The Kier molecular flexibility index (Phi) is 8.18. The fourth-order valence-corrected chi connectivity index (χ4v) is 4.84. The normalized spacial score (nSPS) is 16.1.